The number of para-hydroxylation sites is 2. The Morgan fingerprint density at radius 3 is 2.47 bits per heavy atom. The van der Waals surface area contributed by atoms with Crippen LogP contribution in [0, 0.1) is 5.41 Å². The van der Waals surface area contributed by atoms with Crippen LogP contribution in [-0.4, -0.2) is 38.5 Å². The molecule has 36 heavy (non-hydrogen) atoms. The van der Waals surface area contributed by atoms with Crippen LogP contribution in [0.1, 0.15) is 64.6 Å². The Bertz CT molecular complexity index is 1160. The lowest BCUT2D eigenvalue weighted by Crippen LogP contribution is -2.42. The second-order valence-corrected chi connectivity index (χ2v) is 11.7. The van der Waals surface area contributed by atoms with Crippen molar-refractivity contribution in [3.05, 3.63) is 70.9 Å². The number of amides is 1. The molecule has 1 aliphatic carbocycles. The van der Waals surface area contributed by atoms with Crippen LogP contribution in [-0.2, 0) is 19.7 Å². The number of rotatable bonds is 6. The van der Waals surface area contributed by atoms with Gasteiger partial charge in [0.15, 0.2) is 5.78 Å². The average molecular weight is 490 g/mol. The highest BCUT2D eigenvalue weighted by atomic mass is 16.5. The topological polar surface area (TPSA) is 70.7 Å². The molecule has 2 aliphatic rings. The van der Waals surface area contributed by atoms with Gasteiger partial charge in [-0.1, -0.05) is 71.0 Å². The van der Waals surface area contributed by atoms with Crippen LogP contribution in [0.2, 0.25) is 0 Å². The van der Waals surface area contributed by atoms with Crippen LogP contribution in [0.5, 0.6) is 0 Å². The highest BCUT2D eigenvalue weighted by molar-refractivity contribution is 6.01. The normalized spacial score (nSPS) is 19.2. The number of ether oxygens (including phenoxy) is 1. The van der Waals surface area contributed by atoms with Gasteiger partial charge in [-0.2, -0.15) is 0 Å². The number of carbonyl (C=O) groups excluding carboxylic acids is 2. The van der Waals surface area contributed by atoms with E-state index >= 15 is 0 Å². The van der Waals surface area contributed by atoms with Gasteiger partial charge >= 0.3 is 0 Å². The summed E-state index contributed by atoms with van der Waals surface area (Å²) in [5, 5.41) is 6.56. The van der Waals surface area contributed by atoms with Crippen molar-refractivity contribution in [1.29, 1.82) is 0 Å². The van der Waals surface area contributed by atoms with Crippen LogP contribution >= 0.6 is 0 Å². The lowest BCUT2D eigenvalue weighted by atomic mass is 9.73. The number of carbonyl (C=O) groups is 2. The van der Waals surface area contributed by atoms with Crippen LogP contribution < -0.4 is 15.5 Å². The van der Waals surface area contributed by atoms with E-state index in [0.717, 1.165) is 34.6 Å². The van der Waals surface area contributed by atoms with E-state index in [-0.39, 0.29) is 35.1 Å². The first-order valence-corrected chi connectivity index (χ1v) is 12.8. The maximum Gasteiger partial charge on any atom is 0.239 e. The number of nitrogens with one attached hydrogen (secondary N) is 2. The summed E-state index contributed by atoms with van der Waals surface area (Å²) in [6, 6.07) is 16.2. The van der Waals surface area contributed by atoms with Gasteiger partial charge in [0, 0.05) is 31.3 Å². The van der Waals surface area contributed by atoms with Crippen molar-refractivity contribution in [1.82, 2.24) is 5.32 Å². The number of benzene rings is 2. The van der Waals surface area contributed by atoms with Gasteiger partial charge in [-0.25, -0.2) is 0 Å². The molecule has 0 radical (unpaired) electrons. The van der Waals surface area contributed by atoms with Gasteiger partial charge in [-0.15, -0.1) is 0 Å². The number of Topliss-reactive ketones (excluding diaryl/α,β-unsaturated/α-hetero) is 1. The van der Waals surface area contributed by atoms with E-state index in [1.165, 1.54) is 5.56 Å². The molecule has 0 saturated carbocycles. The molecular weight excluding hydrogens is 450 g/mol. The zero-order valence-corrected chi connectivity index (χ0v) is 22.4. The van der Waals surface area contributed by atoms with Crippen LogP contribution in [0.15, 0.2) is 59.8 Å². The number of anilines is 2. The number of allylic oxidation sites excluding steroid dienone is 1. The van der Waals surface area contributed by atoms with Crippen molar-refractivity contribution in [2.45, 2.75) is 58.9 Å². The Kier molecular flexibility index (Phi) is 7.28. The number of nitrogens with zero attached hydrogens (tertiary/aromatic N) is 1. The summed E-state index contributed by atoms with van der Waals surface area (Å²) in [5.74, 6) is 0.0297. The molecule has 0 bridgehead atoms. The average Bonchev–Trinajstić information content (AvgIpc) is 2.92. The van der Waals surface area contributed by atoms with E-state index in [1.807, 2.05) is 24.3 Å². The Hall–Kier alpha value is -3.12. The Labute approximate surface area is 215 Å². The molecule has 0 saturated heterocycles. The highest BCUT2D eigenvalue weighted by Crippen LogP contribution is 2.48. The van der Waals surface area contributed by atoms with E-state index in [2.05, 4.69) is 74.4 Å². The predicted octanol–water partition coefficient (Wildman–Crippen LogP) is 5.36. The second-order valence-electron chi connectivity index (χ2n) is 11.7. The largest absolute Gasteiger partial charge is 0.383 e. The minimum absolute atomic E-state index is 0.0200. The fourth-order valence-corrected chi connectivity index (χ4v) is 5.24. The number of fused-ring (bicyclic) bond motifs is 1. The quantitative estimate of drug-likeness (QED) is 0.535. The third-order valence-electron chi connectivity index (χ3n) is 7.04. The van der Waals surface area contributed by atoms with Crippen molar-refractivity contribution in [2.75, 3.05) is 37.0 Å². The van der Waals surface area contributed by atoms with Crippen molar-refractivity contribution in [2.24, 2.45) is 5.41 Å². The second kappa shape index (κ2) is 10.1. The fraction of sp³-hybridized carbons (Fsp3) is 0.467. The number of hydrogen-bond donors (Lipinski definition) is 2. The molecule has 2 aromatic carbocycles. The summed E-state index contributed by atoms with van der Waals surface area (Å²) in [5.41, 5.74) is 5.66. The molecule has 1 atom stereocenters. The number of methoxy groups -OCH3 is 1. The zero-order chi connectivity index (χ0) is 26.1. The molecule has 4 rings (SSSR count). The zero-order valence-electron chi connectivity index (χ0n) is 22.4. The van der Waals surface area contributed by atoms with E-state index < -0.39 is 0 Å². The fourth-order valence-electron chi connectivity index (χ4n) is 5.24. The lowest BCUT2D eigenvalue weighted by molar-refractivity contribution is -0.121. The SMILES string of the molecule is COCCNC(=O)CN1c2ccccc2NC2=C(C(=O)CC(C)(C)C2)C1c1ccc(C(C)(C)C)cc1. The summed E-state index contributed by atoms with van der Waals surface area (Å²) in [4.78, 5) is 28.9. The molecule has 0 fully saturated rings. The summed E-state index contributed by atoms with van der Waals surface area (Å²) < 4.78 is 5.10. The van der Waals surface area contributed by atoms with E-state index in [0.29, 0.717) is 19.6 Å². The summed E-state index contributed by atoms with van der Waals surface area (Å²) >= 11 is 0. The minimum Gasteiger partial charge on any atom is -0.383 e. The van der Waals surface area contributed by atoms with Crippen molar-refractivity contribution >= 4 is 23.1 Å². The standard InChI is InChI=1S/C30H39N3O3/c1-29(2,3)21-13-11-20(12-14-21)28-27-23(17-30(4,5)18-25(27)34)32-22-9-7-8-10-24(22)33(28)19-26(35)31-15-16-36-6/h7-14,28,32H,15-19H2,1-6H3,(H,31,35). The molecule has 192 valence electrons. The monoisotopic (exact) mass is 489 g/mol. The Morgan fingerprint density at radius 2 is 1.81 bits per heavy atom. The van der Waals surface area contributed by atoms with Gasteiger partial charge in [-0.05, 0) is 40.5 Å². The molecule has 0 spiro atoms. The molecule has 2 N–H and O–H groups in total. The first-order valence-electron chi connectivity index (χ1n) is 12.8. The Morgan fingerprint density at radius 1 is 1.11 bits per heavy atom. The van der Waals surface area contributed by atoms with Crippen LogP contribution in [0.25, 0.3) is 0 Å². The van der Waals surface area contributed by atoms with Crippen molar-refractivity contribution in [3.63, 3.8) is 0 Å². The highest BCUT2D eigenvalue weighted by Gasteiger charge is 2.41. The molecule has 1 unspecified atom stereocenters. The Balaban J connectivity index is 1.86. The first-order chi connectivity index (χ1) is 17.0. The van der Waals surface area contributed by atoms with Crippen LogP contribution in [0.4, 0.5) is 11.4 Å². The lowest BCUT2D eigenvalue weighted by Gasteiger charge is -2.38. The molecule has 6 nitrogen and oxygen atoms in total. The molecule has 1 amide bonds. The van der Waals surface area contributed by atoms with Crippen molar-refractivity contribution < 1.29 is 14.3 Å². The summed E-state index contributed by atoms with van der Waals surface area (Å²) in [6.07, 6.45) is 1.25. The summed E-state index contributed by atoms with van der Waals surface area (Å²) in [6.45, 7) is 11.9. The third-order valence-corrected chi connectivity index (χ3v) is 7.04. The van der Waals surface area contributed by atoms with Crippen LogP contribution in [0.3, 0.4) is 0 Å². The molecule has 0 aromatic heterocycles. The predicted molar refractivity (Wildman–Crippen MR) is 145 cm³/mol. The maximum atomic E-state index is 13.8. The van der Waals surface area contributed by atoms with E-state index in [4.69, 9.17) is 4.74 Å². The first kappa shape index (κ1) is 26.0. The van der Waals surface area contributed by atoms with Gasteiger partial charge in [0.2, 0.25) is 5.91 Å². The molecule has 2 aromatic rings. The molecule has 6 heteroatoms. The summed E-state index contributed by atoms with van der Waals surface area (Å²) in [7, 11) is 1.62. The van der Waals surface area contributed by atoms with Gasteiger partial charge in [0.1, 0.15) is 0 Å². The third kappa shape index (κ3) is 5.49. The minimum atomic E-state index is -0.373. The number of hydrogen-bond acceptors (Lipinski definition) is 5. The molecule has 1 aliphatic heterocycles. The smallest absolute Gasteiger partial charge is 0.239 e. The van der Waals surface area contributed by atoms with Crippen molar-refractivity contribution in [3.8, 4) is 0 Å². The van der Waals surface area contributed by atoms with Gasteiger partial charge in [-0.3, -0.25) is 9.59 Å². The number of ketones is 1. The van der Waals surface area contributed by atoms with Gasteiger partial charge < -0.3 is 20.3 Å². The molecular formula is C30H39N3O3. The van der Waals surface area contributed by atoms with E-state index in [1.54, 1.807) is 7.11 Å². The molecule has 1 heterocycles. The maximum absolute atomic E-state index is 13.8. The van der Waals surface area contributed by atoms with Gasteiger partial charge in [0.05, 0.1) is 30.6 Å². The van der Waals surface area contributed by atoms with Gasteiger partial charge in [0.25, 0.3) is 0 Å². The van der Waals surface area contributed by atoms with E-state index in [9.17, 15) is 9.59 Å².